The average Bonchev–Trinajstić information content (AvgIpc) is 3.27. The van der Waals surface area contributed by atoms with Gasteiger partial charge in [-0.25, -0.2) is 22.7 Å². The molecular formula is C26H22F3N4OS+. The van der Waals surface area contributed by atoms with Crippen LogP contribution in [0.15, 0.2) is 59.6 Å². The molecule has 1 aliphatic heterocycles. The fourth-order valence-corrected chi connectivity index (χ4v) is 4.92. The van der Waals surface area contributed by atoms with Crippen LogP contribution in [0.25, 0.3) is 16.6 Å². The number of benzene rings is 1. The molecule has 2 aliphatic rings. The third-order valence-corrected chi connectivity index (χ3v) is 6.86. The van der Waals surface area contributed by atoms with E-state index in [1.807, 2.05) is 13.3 Å². The monoisotopic (exact) mass is 495 g/mol. The molecule has 3 heterocycles. The number of nitrogens with zero attached hydrogens (tertiary/aromatic N) is 2. The van der Waals surface area contributed by atoms with Crippen LogP contribution in [0.1, 0.15) is 40.7 Å². The van der Waals surface area contributed by atoms with Gasteiger partial charge in [0.05, 0.1) is 11.3 Å². The van der Waals surface area contributed by atoms with Crippen molar-refractivity contribution in [2.45, 2.75) is 19.3 Å². The van der Waals surface area contributed by atoms with Gasteiger partial charge in [-0.2, -0.15) is 0 Å². The van der Waals surface area contributed by atoms with E-state index in [0.29, 0.717) is 28.8 Å². The molecule has 35 heavy (non-hydrogen) atoms. The number of H-pyrrole nitrogens is 1. The first kappa shape index (κ1) is 23.2. The molecule has 0 saturated heterocycles. The zero-order valence-electron chi connectivity index (χ0n) is 18.9. The van der Waals surface area contributed by atoms with Crippen LogP contribution in [-0.2, 0) is 0 Å². The molecule has 0 amide bonds. The summed E-state index contributed by atoms with van der Waals surface area (Å²) in [6, 6.07) is 4.07. The van der Waals surface area contributed by atoms with Crippen molar-refractivity contribution in [3.05, 3.63) is 87.9 Å². The van der Waals surface area contributed by atoms with Crippen LogP contribution in [0.5, 0.6) is 0 Å². The molecule has 2 aromatic heterocycles. The van der Waals surface area contributed by atoms with E-state index in [9.17, 15) is 13.6 Å². The number of halogens is 3. The second-order valence-electron chi connectivity index (χ2n) is 8.44. The Hall–Kier alpha value is -3.59. The first-order chi connectivity index (χ1) is 16.9. The summed E-state index contributed by atoms with van der Waals surface area (Å²) in [4.78, 5) is 21.3. The standard InChI is InChI=1S/C26H21F3N4OS/c1-33-9-3-4-15(14-33)16-10-19-20(13-31-26(19)30-12-16)25(34)23-21(28)7-8-22(24(23)29)32-35-18-6-2-5-17(27)11-18/h4-5,7-8,10-14,32H,2-3,6,9H2,1H3/p+1. The Balaban J connectivity index is 1.47. The number of aromatic nitrogens is 2. The van der Waals surface area contributed by atoms with Crippen LogP contribution in [0.4, 0.5) is 18.9 Å². The van der Waals surface area contributed by atoms with Crippen LogP contribution in [0, 0.1) is 11.6 Å². The number of pyridine rings is 1. The topological polar surface area (TPSA) is 60.8 Å². The third kappa shape index (κ3) is 4.68. The highest BCUT2D eigenvalue weighted by atomic mass is 32.2. The molecule has 5 nitrogen and oxygen atoms in total. The number of hydrogen-bond donors (Lipinski definition) is 2. The summed E-state index contributed by atoms with van der Waals surface area (Å²) >= 11 is 1.04. The van der Waals surface area contributed by atoms with Gasteiger partial charge in [0, 0.05) is 45.8 Å². The van der Waals surface area contributed by atoms with E-state index in [1.54, 1.807) is 12.3 Å². The Morgan fingerprint density at radius 1 is 1.20 bits per heavy atom. The molecule has 1 aliphatic carbocycles. The summed E-state index contributed by atoms with van der Waals surface area (Å²) in [5.74, 6) is -3.10. The van der Waals surface area contributed by atoms with Crippen molar-refractivity contribution in [2.75, 3.05) is 18.3 Å². The average molecular weight is 496 g/mol. The Bertz CT molecular complexity index is 1470. The molecule has 9 heteroatoms. The Morgan fingerprint density at radius 3 is 2.86 bits per heavy atom. The summed E-state index contributed by atoms with van der Waals surface area (Å²) in [7, 11) is 1.98. The summed E-state index contributed by atoms with van der Waals surface area (Å²) in [6.07, 6.45) is 12.1. The van der Waals surface area contributed by atoms with E-state index in [1.165, 1.54) is 24.4 Å². The van der Waals surface area contributed by atoms with E-state index < -0.39 is 23.0 Å². The molecule has 0 unspecified atom stereocenters. The number of fused-ring (bicyclic) bond motifs is 1. The molecule has 178 valence electrons. The maximum Gasteiger partial charge on any atom is 0.201 e. The predicted molar refractivity (Wildman–Crippen MR) is 133 cm³/mol. The summed E-state index contributed by atoms with van der Waals surface area (Å²) in [6.45, 7) is 0.914. The van der Waals surface area contributed by atoms with Crippen molar-refractivity contribution < 1.29 is 22.5 Å². The van der Waals surface area contributed by atoms with Crippen molar-refractivity contribution in [3.63, 3.8) is 0 Å². The molecule has 0 radical (unpaired) electrons. The Labute approximate surface area is 204 Å². The van der Waals surface area contributed by atoms with Crippen LogP contribution in [0.2, 0.25) is 0 Å². The fourth-order valence-electron chi connectivity index (χ4n) is 4.13. The van der Waals surface area contributed by atoms with Gasteiger partial charge in [0.15, 0.2) is 12.0 Å². The zero-order valence-corrected chi connectivity index (χ0v) is 19.7. The number of hydrogen-bond acceptors (Lipinski definition) is 4. The maximum absolute atomic E-state index is 15.3. The SMILES string of the molecule is C[N+]1=CC(c2cnc3[nH]cc(C(=O)c4c(F)ccc(NSC5=CC(F)=CCC5)c4F)c3c2)=CCC1. The minimum Gasteiger partial charge on any atom is -0.345 e. The van der Waals surface area contributed by atoms with Crippen molar-refractivity contribution in [3.8, 4) is 0 Å². The smallest absolute Gasteiger partial charge is 0.201 e. The van der Waals surface area contributed by atoms with Gasteiger partial charge in [-0.15, -0.1) is 0 Å². The van der Waals surface area contributed by atoms with E-state index in [0.717, 1.165) is 42.1 Å². The maximum atomic E-state index is 15.3. The van der Waals surface area contributed by atoms with Crippen LogP contribution in [-0.4, -0.2) is 40.1 Å². The Morgan fingerprint density at radius 2 is 2.06 bits per heavy atom. The second kappa shape index (κ2) is 9.58. The van der Waals surface area contributed by atoms with Gasteiger partial charge in [0.1, 0.15) is 30.9 Å². The predicted octanol–water partition coefficient (Wildman–Crippen LogP) is 6.16. The highest BCUT2D eigenvalue weighted by Gasteiger charge is 2.25. The molecule has 0 atom stereocenters. The van der Waals surface area contributed by atoms with Gasteiger partial charge in [0.2, 0.25) is 5.78 Å². The van der Waals surface area contributed by atoms with E-state index in [4.69, 9.17) is 0 Å². The summed E-state index contributed by atoms with van der Waals surface area (Å²) < 4.78 is 48.4. The van der Waals surface area contributed by atoms with E-state index >= 15 is 4.39 Å². The third-order valence-electron chi connectivity index (χ3n) is 5.95. The second-order valence-corrected chi connectivity index (χ2v) is 9.37. The normalized spacial score (nSPS) is 15.9. The number of aromatic amines is 1. The van der Waals surface area contributed by atoms with Crippen LogP contribution < -0.4 is 4.72 Å². The number of allylic oxidation sites excluding steroid dienone is 5. The lowest BCUT2D eigenvalue weighted by atomic mass is 9.99. The minimum absolute atomic E-state index is 0.0562. The van der Waals surface area contributed by atoms with Gasteiger partial charge >= 0.3 is 0 Å². The molecule has 0 bridgehead atoms. The first-order valence-corrected chi connectivity index (χ1v) is 12.0. The Kier molecular flexibility index (Phi) is 6.34. The van der Waals surface area contributed by atoms with E-state index in [-0.39, 0.29) is 17.1 Å². The first-order valence-electron chi connectivity index (χ1n) is 11.2. The van der Waals surface area contributed by atoms with Crippen LogP contribution >= 0.6 is 11.9 Å². The zero-order chi connectivity index (χ0) is 24.5. The minimum atomic E-state index is -1.00. The lowest BCUT2D eigenvalue weighted by Crippen LogP contribution is -2.13. The molecule has 1 aromatic carbocycles. The molecule has 2 N–H and O–H groups in total. The van der Waals surface area contributed by atoms with Gasteiger partial charge in [0.25, 0.3) is 0 Å². The summed E-state index contributed by atoms with van der Waals surface area (Å²) in [5.41, 5.74) is 1.65. The van der Waals surface area contributed by atoms with Crippen molar-refractivity contribution in [1.29, 1.82) is 0 Å². The van der Waals surface area contributed by atoms with Crippen LogP contribution in [0.3, 0.4) is 0 Å². The van der Waals surface area contributed by atoms with Crippen molar-refractivity contribution >= 4 is 46.2 Å². The van der Waals surface area contributed by atoms with Crippen molar-refractivity contribution in [2.24, 2.45) is 0 Å². The molecule has 0 spiro atoms. The lowest BCUT2D eigenvalue weighted by Gasteiger charge is -2.13. The van der Waals surface area contributed by atoms with E-state index in [2.05, 4.69) is 25.3 Å². The van der Waals surface area contributed by atoms with Gasteiger partial charge in [-0.05, 0) is 55.1 Å². The quantitative estimate of drug-likeness (QED) is 0.244. The number of carbonyl (C=O) groups excluding carboxylic acids is 1. The number of ketones is 1. The summed E-state index contributed by atoms with van der Waals surface area (Å²) in [5, 5.41) is 0.483. The molecule has 5 rings (SSSR count). The van der Waals surface area contributed by atoms with Gasteiger partial charge < -0.3 is 9.71 Å². The molecular weight excluding hydrogens is 473 g/mol. The molecule has 0 saturated carbocycles. The highest BCUT2D eigenvalue weighted by molar-refractivity contribution is 8.04. The van der Waals surface area contributed by atoms with Crippen molar-refractivity contribution in [1.82, 2.24) is 9.97 Å². The van der Waals surface area contributed by atoms with Gasteiger partial charge in [-0.3, -0.25) is 4.79 Å². The van der Waals surface area contributed by atoms with Gasteiger partial charge in [-0.1, -0.05) is 6.08 Å². The fraction of sp³-hybridized carbons (Fsp3) is 0.192. The largest absolute Gasteiger partial charge is 0.345 e. The lowest BCUT2D eigenvalue weighted by molar-refractivity contribution is -0.491. The number of carbonyl (C=O) groups is 1. The number of nitrogens with one attached hydrogen (secondary N) is 2. The number of rotatable bonds is 6. The molecule has 3 aromatic rings. The molecule has 0 fully saturated rings. The number of anilines is 1. The highest BCUT2D eigenvalue weighted by Crippen LogP contribution is 2.32.